The molecule has 0 aliphatic heterocycles. The van der Waals surface area contributed by atoms with Crippen LogP contribution in [0, 0.1) is 6.92 Å². The first-order valence-electron chi connectivity index (χ1n) is 7.62. The predicted molar refractivity (Wildman–Crippen MR) is 90.4 cm³/mol. The lowest BCUT2D eigenvalue weighted by Gasteiger charge is -2.15. The lowest BCUT2D eigenvalue weighted by molar-refractivity contribution is -0.134. The van der Waals surface area contributed by atoms with Crippen molar-refractivity contribution in [3.63, 3.8) is 0 Å². The third kappa shape index (κ3) is 4.32. The molecule has 0 unspecified atom stereocenters. The van der Waals surface area contributed by atoms with Gasteiger partial charge in [-0.3, -0.25) is 4.79 Å². The van der Waals surface area contributed by atoms with Crippen molar-refractivity contribution >= 4 is 11.7 Å². The summed E-state index contributed by atoms with van der Waals surface area (Å²) in [4.78, 5) is 11.4. The molecule has 0 aliphatic rings. The largest absolute Gasteiger partial charge is 0.426 e. The molecule has 0 spiro atoms. The van der Waals surface area contributed by atoms with Crippen LogP contribution in [0.5, 0.6) is 0 Å². The number of hydrogen-bond donors (Lipinski definition) is 0. The van der Waals surface area contributed by atoms with Gasteiger partial charge in [-0.05, 0) is 25.0 Å². The average Bonchev–Trinajstić information content (AvgIpc) is 2.53. The van der Waals surface area contributed by atoms with Gasteiger partial charge >= 0.3 is 5.97 Å². The lowest BCUT2D eigenvalue weighted by atomic mass is 9.94. The summed E-state index contributed by atoms with van der Waals surface area (Å²) in [6.45, 7) is 5.65. The van der Waals surface area contributed by atoms with Gasteiger partial charge in [-0.1, -0.05) is 67.1 Å². The fourth-order valence-electron chi connectivity index (χ4n) is 2.39. The molecular formula is C20H22O2. The molecule has 0 radical (unpaired) electrons. The van der Waals surface area contributed by atoms with Crippen LogP contribution in [-0.4, -0.2) is 5.97 Å². The summed E-state index contributed by atoms with van der Waals surface area (Å²) in [6.07, 6.45) is 2.99. The maximum absolute atomic E-state index is 11.4. The maximum atomic E-state index is 11.4. The second-order valence-corrected chi connectivity index (χ2v) is 5.42. The molecule has 2 aromatic carbocycles. The molecule has 2 nitrogen and oxygen atoms in total. The molecule has 22 heavy (non-hydrogen) atoms. The van der Waals surface area contributed by atoms with Gasteiger partial charge < -0.3 is 4.74 Å². The van der Waals surface area contributed by atoms with Gasteiger partial charge in [0.2, 0.25) is 0 Å². The Hall–Kier alpha value is -2.35. The van der Waals surface area contributed by atoms with Crippen LogP contribution in [0.3, 0.4) is 0 Å². The van der Waals surface area contributed by atoms with Gasteiger partial charge in [0.05, 0.1) is 0 Å². The number of hydrogen-bond acceptors (Lipinski definition) is 2. The number of carbonyl (C=O) groups is 1. The number of benzene rings is 2. The third-order valence-corrected chi connectivity index (χ3v) is 3.61. The van der Waals surface area contributed by atoms with Crippen molar-refractivity contribution in [1.82, 2.24) is 0 Å². The van der Waals surface area contributed by atoms with Crippen LogP contribution in [0.25, 0.3) is 5.76 Å². The van der Waals surface area contributed by atoms with Gasteiger partial charge in [0, 0.05) is 18.4 Å². The molecule has 0 saturated heterocycles. The standard InChI is InChI=1S/C20H22O2/c1-4-17(18-12-10-15(2)11-13-18)14-20(22-16(3)21)19-8-6-5-7-9-19/h5-14,17H,4H2,1-3H3/b20-14-/t17-/m1/s1. The summed E-state index contributed by atoms with van der Waals surface area (Å²) in [5.41, 5.74) is 3.39. The van der Waals surface area contributed by atoms with E-state index in [-0.39, 0.29) is 11.9 Å². The van der Waals surface area contributed by atoms with E-state index in [0.717, 1.165) is 12.0 Å². The van der Waals surface area contributed by atoms with E-state index in [1.165, 1.54) is 18.1 Å². The fourth-order valence-corrected chi connectivity index (χ4v) is 2.39. The smallest absolute Gasteiger partial charge is 0.308 e. The summed E-state index contributed by atoms with van der Waals surface area (Å²) in [5, 5.41) is 0. The van der Waals surface area contributed by atoms with Gasteiger partial charge in [0.1, 0.15) is 5.76 Å². The zero-order chi connectivity index (χ0) is 15.9. The van der Waals surface area contributed by atoms with E-state index in [2.05, 4.69) is 38.1 Å². The van der Waals surface area contributed by atoms with Crippen LogP contribution in [0.2, 0.25) is 0 Å². The molecule has 0 aromatic heterocycles. The van der Waals surface area contributed by atoms with E-state index in [1.807, 2.05) is 36.4 Å². The van der Waals surface area contributed by atoms with Crippen molar-refractivity contribution in [3.05, 3.63) is 77.4 Å². The Morgan fingerprint density at radius 1 is 1.09 bits per heavy atom. The molecule has 114 valence electrons. The molecule has 0 aliphatic carbocycles. The number of ether oxygens (including phenoxy) is 1. The Kier molecular flexibility index (Phi) is 5.54. The Bertz CT molecular complexity index is 639. The van der Waals surface area contributed by atoms with Crippen LogP contribution in [0.1, 0.15) is 42.9 Å². The van der Waals surface area contributed by atoms with Crippen LogP contribution in [0.15, 0.2) is 60.7 Å². The number of esters is 1. The second kappa shape index (κ2) is 7.60. The Morgan fingerprint density at radius 2 is 1.73 bits per heavy atom. The van der Waals surface area contributed by atoms with E-state index in [9.17, 15) is 4.79 Å². The van der Waals surface area contributed by atoms with Crippen LogP contribution < -0.4 is 0 Å². The SMILES string of the molecule is CC[C@H](/C=C(\OC(C)=O)c1ccccc1)c1ccc(C)cc1. The summed E-state index contributed by atoms with van der Waals surface area (Å²) < 4.78 is 5.44. The quantitative estimate of drug-likeness (QED) is 0.567. The Labute approximate surface area is 132 Å². The monoisotopic (exact) mass is 294 g/mol. The first kappa shape index (κ1) is 16.0. The number of rotatable bonds is 5. The number of aryl methyl sites for hydroxylation is 1. The molecular weight excluding hydrogens is 272 g/mol. The molecule has 2 heteroatoms. The summed E-state index contributed by atoms with van der Waals surface area (Å²) in [6, 6.07) is 18.2. The summed E-state index contributed by atoms with van der Waals surface area (Å²) in [7, 11) is 0. The van der Waals surface area contributed by atoms with Crippen LogP contribution in [0.4, 0.5) is 0 Å². The minimum Gasteiger partial charge on any atom is -0.426 e. The molecule has 2 rings (SSSR count). The molecule has 0 amide bonds. The normalized spacial score (nSPS) is 12.8. The minimum atomic E-state index is -0.297. The summed E-state index contributed by atoms with van der Waals surface area (Å²) in [5.74, 6) is 0.546. The highest BCUT2D eigenvalue weighted by Gasteiger charge is 2.12. The zero-order valence-corrected chi connectivity index (χ0v) is 13.4. The van der Waals surface area contributed by atoms with Gasteiger partial charge in [-0.15, -0.1) is 0 Å². The zero-order valence-electron chi connectivity index (χ0n) is 13.4. The van der Waals surface area contributed by atoms with E-state index in [4.69, 9.17) is 4.74 Å². The topological polar surface area (TPSA) is 26.3 Å². The molecule has 0 fully saturated rings. The molecule has 2 aromatic rings. The Morgan fingerprint density at radius 3 is 2.27 bits per heavy atom. The average molecular weight is 294 g/mol. The van der Waals surface area contributed by atoms with Crippen LogP contribution in [-0.2, 0) is 9.53 Å². The van der Waals surface area contributed by atoms with Crippen molar-refractivity contribution in [1.29, 1.82) is 0 Å². The highest BCUT2D eigenvalue weighted by molar-refractivity contribution is 5.76. The van der Waals surface area contributed by atoms with Gasteiger partial charge in [-0.25, -0.2) is 0 Å². The van der Waals surface area contributed by atoms with Gasteiger partial charge in [0.15, 0.2) is 0 Å². The van der Waals surface area contributed by atoms with Gasteiger partial charge in [-0.2, -0.15) is 0 Å². The first-order valence-corrected chi connectivity index (χ1v) is 7.62. The first-order chi connectivity index (χ1) is 10.6. The molecule has 0 bridgehead atoms. The van der Waals surface area contributed by atoms with E-state index >= 15 is 0 Å². The number of allylic oxidation sites excluding steroid dienone is 1. The highest BCUT2D eigenvalue weighted by atomic mass is 16.5. The van der Waals surface area contributed by atoms with E-state index in [0.29, 0.717) is 5.76 Å². The van der Waals surface area contributed by atoms with Crippen molar-refractivity contribution in [2.45, 2.75) is 33.1 Å². The van der Waals surface area contributed by atoms with Crippen molar-refractivity contribution < 1.29 is 9.53 Å². The minimum absolute atomic E-state index is 0.218. The molecule has 0 N–H and O–H groups in total. The molecule has 1 atom stereocenters. The lowest BCUT2D eigenvalue weighted by Crippen LogP contribution is -2.02. The third-order valence-electron chi connectivity index (χ3n) is 3.61. The van der Waals surface area contributed by atoms with E-state index < -0.39 is 0 Å². The molecule has 0 saturated carbocycles. The Balaban J connectivity index is 2.37. The second-order valence-electron chi connectivity index (χ2n) is 5.42. The molecule has 0 heterocycles. The highest BCUT2D eigenvalue weighted by Crippen LogP contribution is 2.27. The van der Waals surface area contributed by atoms with Crippen molar-refractivity contribution in [2.75, 3.05) is 0 Å². The maximum Gasteiger partial charge on any atom is 0.308 e. The van der Waals surface area contributed by atoms with Crippen molar-refractivity contribution in [2.24, 2.45) is 0 Å². The van der Waals surface area contributed by atoms with E-state index in [1.54, 1.807) is 0 Å². The van der Waals surface area contributed by atoms with Gasteiger partial charge in [0.25, 0.3) is 0 Å². The predicted octanol–water partition coefficient (Wildman–Crippen LogP) is 5.09. The van der Waals surface area contributed by atoms with Crippen molar-refractivity contribution in [3.8, 4) is 0 Å². The number of carbonyl (C=O) groups excluding carboxylic acids is 1. The summed E-state index contributed by atoms with van der Waals surface area (Å²) >= 11 is 0. The van der Waals surface area contributed by atoms with Crippen LogP contribution >= 0.6 is 0 Å². The fraction of sp³-hybridized carbons (Fsp3) is 0.250.